The number of halogens is 1. The zero-order chi connectivity index (χ0) is 11.6. The minimum absolute atomic E-state index is 0.0419. The van der Waals surface area contributed by atoms with E-state index in [0.29, 0.717) is 10.0 Å². The summed E-state index contributed by atoms with van der Waals surface area (Å²) in [6.07, 6.45) is 0. The van der Waals surface area contributed by atoms with Crippen molar-refractivity contribution in [2.24, 2.45) is 5.73 Å². The standard InChI is InChI=1S/C10H12BrNO3/c1-5-2-7(11)9(8(13)3-5)6(4-12)10(14)15/h2-3,6,13H,4,12H2,1H3,(H,14,15). The van der Waals surface area contributed by atoms with Gasteiger partial charge in [-0.05, 0) is 24.6 Å². The Morgan fingerprint density at radius 1 is 1.60 bits per heavy atom. The van der Waals surface area contributed by atoms with E-state index in [1.54, 1.807) is 6.07 Å². The molecule has 1 rings (SSSR count). The van der Waals surface area contributed by atoms with Gasteiger partial charge < -0.3 is 15.9 Å². The van der Waals surface area contributed by atoms with Crippen LogP contribution in [0.1, 0.15) is 17.0 Å². The van der Waals surface area contributed by atoms with Gasteiger partial charge in [0.25, 0.3) is 0 Å². The van der Waals surface area contributed by atoms with E-state index in [1.165, 1.54) is 6.07 Å². The molecule has 5 heteroatoms. The minimum atomic E-state index is -1.04. The van der Waals surface area contributed by atoms with Gasteiger partial charge in [-0.3, -0.25) is 4.79 Å². The van der Waals surface area contributed by atoms with Crippen molar-refractivity contribution in [3.8, 4) is 5.75 Å². The van der Waals surface area contributed by atoms with Crippen molar-refractivity contribution in [3.05, 3.63) is 27.7 Å². The zero-order valence-electron chi connectivity index (χ0n) is 8.20. The Morgan fingerprint density at radius 3 is 2.60 bits per heavy atom. The Balaban J connectivity index is 3.29. The summed E-state index contributed by atoms with van der Waals surface area (Å²) in [6, 6.07) is 3.27. The summed E-state index contributed by atoms with van der Waals surface area (Å²) in [4.78, 5) is 10.9. The van der Waals surface area contributed by atoms with Crippen LogP contribution in [0.25, 0.3) is 0 Å². The number of aromatic hydroxyl groups is 1. The summed E-state index contributed by atoms with van der Waals surface area (Å²) in [5.41, 5.74) is 6.55. The predicted molar refractivity (Wildman–Crippen MR) is 60.0 cm³/mol. The molecule has 4 N–H and O–H groups in total. The molecule has 1 aromatic carbocycles. The monoisotopic (exact) mass is 273 g/mol. The molecule has 0 saturated heterocycles. The highest BCUT2D eigenvalue weighted by Gasteiger charge is 2.24. The molecular weight excluding hydrogens is 262 g/mol. The van der Waals surface area contributed by atoms with Gasteiger partial charge in [0.05, 0.1) is 5.92 Å². The lowest BCUT2D eigenvalue weighted by Crippen LogP contribution is -2.21. The lowest BCUT2D eigenvalue weighted by atomic mass is 9.97. The Bertz CT molecular complexity index is 369. The second-order valence-corrected chi connectivity index (χ2v) is 4.16. The number of aryl methyl sites for hydroxylation is 1. The molecule has 0 spiro atoms. The lowest BCUT2D eigenvalue weighted by Gasteiger charge is -2.14. The van der Waals surface area contributed by atoms with Crippen molar-refractivity contribution in [1.82, 2.24) is 0 Å². The molecule has 0 amide bonds. The Hall–Kier alpha value is -1.07. The fourth-order valence-corrected chi connectivity index (χ4v) is 2.26. The fourth-order valence-electron chi connectivity index (χ4n) is 1.42. The first-order valence-corrected chi connectivity index (χ1v) is 5.18. The van der Waals surface area contributed by atoms with Crippen molar-refractivity contribution in [3.63, 3.8) is 0 Å². The third-order valence-electron chi connectivity index (χ3n) is 2.13. The Labute approximate surface area is 95.8 Å². The highest BCUT2D eigenvalue weighted by atomic mass is 79.9. The molecule has 1 aromatic rings. The third-order valence-corrected chi connectivity index (χ3v) is 2.79. The summed E-state index contributed by atoms with van der Waals surface area (Å²) in [5.74, 6) is -1.97. The molecule has 0 aromatic heterocycles. The summed E-state index contributed by atoms with van der Waals surface area (Å²) >= 11 is 3.23. The van der Waals surface area contributed by atoms with Crippen LogP contribution in [0.15, 0.2) is 16.6 Å². The molecule has 4 nitrogen and oxygen atoms in total. The average molecular weight is 274 g/mol. The zero-order valence-corrected chi connectivity index (χ0v) is 9.78. The molecule has 0 fully saturated rings. The van der Waals surface area contributed by atoms with E-state index in [4.69, 9.17) is 10.8 Å². The first kappa shape index (κ1) is 12.0. The number of nitrogens with two attached hydrogens (primary N) is 1. The maximum Gasteiger partial charge on any atom is 0.312 e. The average Bonchev–Trinajstić information content (AvgIpc) is 2.09. The van der Waals surface area contributed by atoms with Crippen molar-refractivity contribution < 1.29 is 15.0 Å². The van der Waals surface area contributed by atoms with Gasteiger partial charge in [-0.1, -0.05) is 15.9 Å². The number of carboxylic acid groups (broad SMARTS) is 1. The number of hydrogen-bond acceptors (Lipinski definition) is 3. The number of rotatable bonds is 3. The second-order valence-electron chi connectivity index (χ2n) is 3.31. The van der Waals surface area contributed by atoms with Gasteiger partial charge in [0.15, 0.2) is 0 Å². The highest BCUT2D eigenvalue weighted by molar-refractivity contribution is 9.10. The van der Waals surface area contributed by atoms with Crippen molar-refractivity contribution in [1.29, 1.82) is 0 Å². The summed E-state index contributed by atoms with van der Waals surface area (Å²) in [7, 11) is 0. The third kappa shape index (κ3) is 2.49. The van der Waals surface area contributed by atoms with Crippen LogP contribution in [-0.2, 0) is 4.79 Å². The predicted octanol–water partition coefficient (Wildman–Crippen LogP) is 1.59. The highest BCUT2D eigenvalue weighted by Crippen LogP contribution is 2.33. The summed E-state index contributed by atoms with van der Waals surface area (Å²) < 4.78 is 0.567. The van der Waals surface area contributed by atoms with E-state index >= 15 is 0 Å². The second kappa shape index (κ2) is 4.63. The van der Waals surface area contributed by atoms with Crippen molar-refractivity contribution >= 4 is 21.9 Å². The van der Waals surface area contributed by atoms with Gasteiger partial charge >= 0.3 is 5.97 Å². The van der Waals surface area contributed by atoms with E-state index in [0.717, 1.165) is 5.56 Å². The van der Waals surface area contributed by atoms with E-state index in [9.17, 15) is 9.90 Å². The van der Waals surface area contributed by atoms with Crippen LogP contribution >= 0.6 is 15.9 Å². The molecule has 0 saturated carbocycles. The van der Waals surface area contributed by atoms with E-state index in [2.05, 4.69) is 15.9 Å². The van der Waals surface area contributed by atoms with Crippen molar-refractivity contribution in [2.75, 3.05) is 6.54 Å². The van der Waals surface area contributed by atoms with Gasteiger partial charge in [0.1, 0.15) is 5.75 Å². The number of aliphatic carboxylic acids is 1. The number of carboxylic acids is 1. The molecule has 0 aliphatic carbocycles. The van der Waals surface area contributed by atoms with Crippen LogP contribution in [0.3, 0.4) is 0 Å². The minimum Gasteiger partial charge on any atom is -0.508 e. The first-order chi connectivity index (χ1) is 6.97. The van der Waals surface area contributed by atoms with Gasteiger partial charge in [-0.15, -0.1) is 0 Å². The quantitative estimate of drug-likeness (QED) is 0.781. The smallest absolute Gasteiger partial charge is 0.312 e. The van der Waals surface area contributed by atoms with Gasteiger partial charge in [-0.2, -0.15) is 0 Å². The molecule has 82 valence electrons. The number of hydrogen-bond donors (Lipinski definition) is 3. The van der Waals surface area contributed by atoms with Gasteiger partial charge in [0, 0.05) is 16.6 Å². The molecule has 0 heterocycles. The molecule has 0 radical (unpaired) electrons. The van der Waals surface area contributed by atoms with Crippen LogP contribution in [0.2, 0.25) is 0 Å². The molecular formula is C10H12BrNO3. The number of phenols is 1. The van der Waals surface area contributed by atoms with Crippen LogP contribution in [0, 0.1) is 6.92 Å². The fraction of sp³-hybridized carbons (Fsp3) is 0.300. The van der Waals surface area contributed by atoms with E-state index in [-0.39, 0.29) is 12.3 Å². The Kier molecular flexibility index (Phi) is 3.71. The summed E-state index contributed by atoms with van der Waals surface area (Å²) in [5, 5.41) is 18.6. The van der Waals surface area contributed by atoms with Gasteiger partial charge in [0.2, 0.25) is 0 Å². The van der Waals surface area contributed by atoms with Gasteiger partial charge in [-0.25, -0.2) is 0 Å². The maximum absolute atomic E-state index is 10.9. The molecule has 0 aliphatic rings. The number of phenolic OH excluding ortho intramolecular Hbond substituents is 1. The molecule has 1 unspecified atom stereocenters. The molecule has 15 heavy (non-hydrogen) atoms. The van der Waals surface area contributed by atoms with E-state index < -0.39 is 11.9 Å². The van der Waals surface area contributed by atoms with E-state index in [1.807, 2.05) is 6.92 Å². The Morgan fingerprint density at radius 2 is 2.20 bits per heavy atom. The first-order valence-electron chi connectivity index (χ1n) is 4.39. The SMILES string of the molecule is Cc1cc(O)c(C(CN)C(=O)O)c(Br)c1. The summed E-state index contributed by atoms with van der Waals surface area (Å²) in [6.45, 7) is 1.76. The molecule has 0 bridgehead atoms. The maximum atomic E-state index is 10.9. The van der Waals surface area contributed by atoms with Crippen molar-refractivity contribution in [2.45, 2.75) is 12.8 Å². The number of benzene rings is 1. The van der Waals surface area contributed by atoms with Crippen LogP contribution in [0.4, 0.5) is 0 Å². The number of carbonyl (C=O) groups is 1. The lowest BCUT2D eigenvalue weighted by molar-refractivity contribution is -0.138. The normalized spacial score (nSPS) is 12.5. The van der Waals surface area contributed by atoms with Crippen LogP contribution in [0.5, 0.6) is 5.75 Å². The molecule has 1 atom stereocenters. The molecule has 0 aliphatic heterocycles. The topological polar surface area (TPSA) is 83.5 Å². The van der Waals surface area contributed by atoms with Crippen LogP contribution < -0.4 is 5.73 Å². The van der Waals surface area contributed by atoms with Crippen LogP contribution in [-0.4, -0.2) is 22.7 Å². The largest absolute Gasteiger partial charge is 0.508 e.